The van der Waals surface area contributed by atoms with Gasteiger partial charge in [0.2, 0.25) is 0 Å². The number of halogens is 1. The molecule has 2 atom stereocenters. The van der Waals surface area contributed by atoms with E-state index in [1.54, 1.807) is 0 Å². The van der Waals surface area contributed by atoms with Gasteiger partial charge < -0.3 is 4.74 Å². The highest BCUT2D eigenvalue weighted by atomic mass is 35.5. The van der Waals surface area contributed by atoms with Gasteiger partial charge in [-0.05, 0) is 38.5 Å². The Hall–Kier alpha value is 0.210. The summed E-state index contributed by atoms with van der Waals surface area (Å²) in [6.45, 7) is 6.56. The molecule has 2 rings (SSSR count). The zero-order valence-corrected chi connectivity index (χ0v) is 10.4. The summed E-state index contributed by atoms with van der Waals surface area (Å²) in [5, 5.41) is 0.376. The Morgan fingerprint density at radius 1 is 1.20 bits per heavy atom. The summed E-state index contributed by atoms with van der Waals surface area (Å²) in [7, 11) is 0. The summed E-state index contributed by atoms with van der Waals surface area (Å²) < 4.78 is 5.39. The maximum absolute atomic E-state index is 6.23. The van der Waals surface area contributed by atoms with E-state index in [0.29, 0.717) is 5.38 Å². The average molecular weight is 232 g/mol. The fourth-order valence-corrected chi connectivity index (χ4v) is 2.95. The van der Waals surface area contributed by atoms with Crippen LogP contribution in [0.25, 0.3) is 0 Å². The molecule has 0 bridgehead atoms. The Kier molecular flexibility index (Phi) is 4.30. The lowest BCUT2D eigenvalue weighted by atomic mass is 9.96. The van der Waals surface area contributed by atoms with Crippen molar-refractivity contribution in [1.29, 1.82) is 0 Å². The maximum Gasteiger partial charge on any atom is 0.0469 e. The van der Waals surface area contributed by atoms with Gasteiger partial charge in [-0.1, -0.05) is 0 Å². The smallest absolute Gasteiger partial charge is 0.0469 e. The van der Waals surface area contributed by atoms with Crippen molar-refractivity contribution in [2.45, 2.75) is 44.0 Å². The zero-order valence-electron chi connectivity index (χ0n) is 9.62. The van der Waals surface area contributed by atoms with E-state index in [4.69, 9.17) is 16.3 Å². The monoisotopic (exact) mass is 231 g/mol. The van der Waals surface area contributed by atoms with Crippen LogP contribution in [0.5, 0.6) is 0 Å². The zero-order chi connectivity index (χ0) is 10.7. The van der Waals surface area contributed by atoms with E-state index in [0.717, 1.165) is 31.7 Å². The van der Waals surface area contributed by atoms with Crippen LogP contribution in [-0.4, -0.2) is 42.6 Å². The molecule has 0 aromatic rings. The van der Waals surface area contributed by atoms with Crippen molar-refractivity contribution in [2.24, 2.45) is 5.92 Å². The van der Waals surface area contributed by atoms with Crippen molar-refractivity contribution in [1.82, 2.24) is 4.90 Å². The van der Waals surface area contributed by atoms with Gasteiger partial charge >= 0.3 is 0 Å². The first-order valence-electron chi connectivity index (χ1n) is 6.21. The standard InChI is InChI=1S/C12H22ClNO/c1-10-2-3-12(13)9-14(10)8-11-4-6-15-7-5-11/h10-12H,2-9H2,1H3. The van der Waals surface area contributed by atoms with Crippen molar-refractivity contribution in [3.63, 3.8) is 0 Å². The third kappa shape index (κ3) is 3.33. The first kappa shape index (κ1) is 11.7. The van der Waals surface area contributed by atoms with Crippen molar-refractivity contribution in [3.8, 4) is 0 Å². The molecule has 2 nitrogen and oxygen atoms in total. The third-order valence-electron chi connectivity index (χ3n) is 3.79. The number of piperidine rings is 1. The lowest BCUT2D eigenvalue weighted by Crippen LogP contribution is -2.45. The topological polar surface area (TPSA) is 12.5 Å². The van der Waals surface area contributed by atoms with Crippen LogP contribution in [0, 0.1) is 5.92 Å². The summed E-state index contributed by atoms with van der Waals surface area (Å²) in [5.41, 5.74) is 0. The summed E-state index contributed by atoms with van der Waals surface area (Å²) in [6, 6.07) is 0.725. The van der Waals surface area contributed by atoms with Crippen LogP contribution < -0.4 is 0 Å². The highest BCUT2D eigenvalue weighted by Crippen LogP contribution is 2.24. The van der Waals surface area contributed by atoms with Gasteiger partial charge in [0, 0.05) is 37.7 Å². The fraction of sp³-hybridized carbons (Fsp3) is 1.00. The predicted octanol–water partition coefficient (Wildman–Crippen LogP) is 2.50. The number of rotatable bonds is 2. The Balaban J connectivity index is 1.80. The van der Waals surface area contributed by atoms with Crippen LogP contribution >= 0.6 is 11.6 Å². The molecule has 2 aliphatic heterocycles. The van der Waals surface area contributed by atoms with E-state index in [1.165, 1.54) is 32.2 Å². The summed E-state index contributed by atoms with van der Waals surface area (Å²) in [6.07, 6.45) is 4.91. The Bertz CT molecular complexity index is 194. The highest BCUT2D eigenvalue weighted by Gasteiger charge is 2.26. The SMILES string of the molecule is CC1CCC(Cl)CN1CC1CCOCC1. The molecule has 0 aromatic heterocycles. The molecule has 0 saturated carbocycles. The van der Waals surface area contributed by atoms with E-state index in [-0.39, 0.29) is 0 Å². The highest BCUT2D eigenvalue weighted by molar-refractivity contribution is 6.20. The average Bonchev–Trinajstić information content (AvgIpc) is 2.25. The largest absolute Gasteiger partial charge is 0.381 e. The lowest BCUT2D eigenvalue weighted by Gasteiger charge is -2.38. The van der Waals surface area contributed by atoms with Crippen molar-refractivity contribution in [2.75, 3.05) is 26.3 Å². The van der Waals surface area contributed by atoms with Gasteiger partial charge in [0.15, 0.2) is 0 Å². The van der Waals surface area contributed by atoms with Crippen LogP contribution in [0.3, 0.4) is 0 Å². The molecule has 0 aliphatic carbocycles. The molecular weight excluding hydrogens is 210 g/mol. The van der Waals surface area contributed by atoms with Gasteiger partial charge in [0.25, 0.3) is 0 Å². The molecule has 15 heavy (non-hydrogen) atoms. The molecule has 0 amide bonds. The number of nitrogens with zero attached hydrogens (tertiary/aromatic N) is 1. The van der Waals surface area contributed by atoms with Gasteiger partial charge in [-0.25, -0.2) is 0 Å². The van der Waals surface area contributed by atoms with Crippen LogP contribution in [0.2, 0.25) is 0 Å². The molecule has 0 N–H and O–H groups in total. The van der Waals surface area contributed by atoms with Crippen molar-refractivity contribution < 1.29 is 4.74 Å². The second kappa shape index (κ2) is 5.51. The van der Waals surface area contributed by atoms with Gasteiger partial charge in [0.1, 0.15) is 0 Å². The second-order valence-corrected chi connectivity index (χ2v) is 5.65. The molecule has 2 fully saturated rings. The van der Waals surface area contributed by atoms with E-state index in [9.17, 15) is 0 Å². The van der Waals surface area contributed by atoms with Gasteiger partial charge in [-0.3, -0.25) is 4.90 Å². The minimum atomic E-state index is 0.376. The normalized spacial score (nSPS) is 35.6. The predicted molar refractivity (Wildman–Crippen MR) is 63.5 cm³/mol. The molecule has 2 heterocycles. The quantitative estimate of drug-likeness (QED) is 0.678. The Labute approximate surface area is 97.9 Å². The molecule has 0 spiro atoms. The second-order valence-electron chi connectivity index (χ2n) is 5.03. The van der Waals surface area contributed by atoms with E-state index >= 15 is 0 Å². The number of alkyl halides is 1. The molecule has 3 heteroatoms. The van der Waals surface area contributed by atoms with E-state index in [1.807, 2.05) is 0 Å². The Morgan fingerprint density at radius 2 is 1.93 bits per heavy atom. The number of ether oxygens (including phenoxy) is 1. The van der Waals surface area contributed by atoms with Crippen molar-refractivity contribution in [3.05, 3.63) is 0 Å². The molecule has 2 aliphatic rings. The van der Waals surface area contributed by atoms with Gasteiger partial charge in [0.05, 0.1) is 0 Å². The van der Waals surface area contributed by atoms with E-state index < -0.39 is 0 Å². The number of hydrogen-bond donors (Lipinski definition) is 0. The number of likely N-dealkylation sites (tertiary alicyclic amines) is 1. The van der Waals surface area contributed by atoms with Crippen LogP contribution in [0.15, 0.2) is 0 Å². The lowest BCUT2D eigenvalue weighted by molar-refractivity contribution is 0.0413. The first-order valence-corrected chi connectivity index (χ1v) is 6.65. The molecule has 2 saturated heterocycles. The van der Waals surface area contributed by atoms with Gasteiger partial charge in [-0.15, -0.1) is 11.6 Å². The fourth-order valence-electron chi connectivity index (χ4n) is 2.65. The third-order valence-corrected chi connectivity index (χ3v) is 4.14. The van der Waals surface area contributed by atoms with Crippen LogP contribution in [0.1, 0.15) is 32.6 Å². The molecule has 0 aromatic carbocycles. The summed E-state index contributed by atoms with van der Waals surface area (Å²) >= 11 is 6.23. The van der Waals surface area contributed by atoms with E-state index in [2.05, 4.69) is 11.8 Å². The minimum absolute atomic E-state index is 0.376. The molecular formula is C12H22ClNO. The Morgan fingerprint density at radius 3 is 2.67 bits per heavy atom. The van der Waals surface area contributed by atoms with Crippen LogP contribution in [0.4, 0.5) is 0 Å². The first-order chi connectivity index (χ1) is 7.25. The minimum Gasteiger partial charge on any atom is -0.381 e. The number of hydrogen-bond acceptors (Lipinski definition) is 2. The summed E-state index contributed by atoms with van der Waals surface area (Å²) in [5.74, 6) is 0.836. The summed E-state index contributed by atoms with van der Waals surface area (Å²) in [4.78, 5) is 2.58. The molecule has 2 unspecified atom stereocenters. The van der Waals surface area contributed by atoms with Crippen LogP contribution in [-0.2, 0) is 4.74 Å². The molecule has 0 radical (unpaired) electrons. The molecule has 88 valence electrons. The maximum atomic E-state index is 6.23. The van der Waals surface area contributed by atoms with Crippen molar-refractivity contribution >= 4 is 11.6 Å². The van der Waals surface area contributed by atoms with Gasteiger partial charge in [-0.2, -0.15) is 0 Å².